The Morgan fingerprint density at radius 3 is 2.42 bits per heavy atom. The Hall–Kier alpha value is -2.12. The van der Waals surface area contributed by atoms with Gasteiger partial charge in [0.1, 0.15) is 10.7 Å². The van der Waals surface area contributed by atoms with E-state index in [2.05, 4.69) is 28.1 Å². The highest BCUT2D eigenvalue weighted by Gasteiger charge is 2.27. The first-order valence-electron chi connectivity index (χ1n) is 8.81. The molecule has 0 radical (unpaired) electrons. The zero-order valence-corrected chi connectivity index (χ0v) is 16.4. The van der Waals surface area contributed by atoms with Crippen molar-refractivity contribution in [2.75, 3.05) is 44.0 Å². The number of nitrogens with zero attached hydrogens (tertiary/aromatic N) is 4. The molecule has 1 aromatic heterocycles. The number of benzene rings is 1. The van der Waals surface area contributed by atoms with Gasteiger partial charge < -0.3 is 9.80 Å². The smallest absolute Gasteiger partial charge is 0.244 e. The monoisotopic (exact) mass is 374 g/mol. The molecule has 140 valence electrons. The Morgan fingerprint density at radius 2 is 1.81 bits per heavy atom. The molecule has 7 heteroatoms. The topological polar surface area (TPSA) is 56.8 Å². The van der Waals surface area contributed by atoms with Crippen LogP contribution < -0.4 is 9.80 Å². The van der Waals surface area contributed by atoms with Gasteiger partial charge in [-0.05, 0) is 42.7 Å². The quantitative estimate of drug-likeness (QED) is 0.778. The molecule has 0 atom stereocenters. The van der Waals surface area contributed by atoms with Crippen LogP contribution in [0.15, 0.2) is 47.5 Å². The molecule has 2 heterocycles. The van der Waals surface area contributed by atoms with Crippen molar-refractivity contribution in [1.82, 2.24) is 9.29 Å². The first-order valence-corrected chi connectivity index (χ1v) is 10.3. The maximum absolute atomic E-state index is 12.6. The SMILES string of the molecule is CN(C)c1cccc(CN(C)c2ccc(S(=O)(=O)N3CCCC3)cn2)c1. The molecule has 1 aromatic carbocycles. The van der Waals surface area contributed by atoms with E-state index in [1.54, 1.807) is 16.4 Å². The van der Waals surface area contributed by atoms with E-state index >= 15 is 0 Å². The Morgan fingerprint density at radius 1 is 1.08 bits per heavy atom. The second kappa shape index (κ2) is 7.63. The maximum atomic E-state index is 12.6. The van der Waals surface area contributed by atoms with Crippen LogP contribution in [0.25, 0.3) is 0 Å². The third-order valence-electron chi connectivity index (χ3n) is 4.66. The van der Waals surface area contributed by atoms with Gasteiger partial charge in [0.15, 0.2) is 0 Å². The molecule has 0 N–H and O–H groups in total. The molecule has 0 spiro atoms. The standard InChI is InChI=1S/C19H26N4O2S/c1-21(2)17-8-6-7-16(13-17)15-22(3)19-10-9-18(14-20-19)26(24,25)23-11-4-5-12-23/h6-10,13-14H,4-5,11-12,15H2,1-3H3. The van der Waals surface area contributed by atoms with Crippen LogP contribution in [0, 0.1) is 0 Å². The van der Waals surface area contributed by atoms with Crippen molar-refractivity contribution in [2.24, 2.45) is 0 Å². The van der Waals surface area contributed by atoms with Gasteiger partial charge in [0.2, 0.25) is 10.0 Å². The van der Waals surface area contributed by atoms with Crippen molar-refractivity contribution in [3.63, 3.8) is 0 Å². The number of sulfonamides is 1. The summed E-state index contributed by atoms with van der Waals surface area (Å²) in [7, 11) is 2.58. The number of pyridine rings is 1. The first kappa shape index (κ1) is 18.7. The Kier molecular flexibility index (Phi) is 5.48. The van der Waals surface area contributed by atoms with E-state index in [1.165, 1.54) is 11.8 Å². The van der Waals surface area contributed by atoms with E-state index in [1.807, 2.05) is 32.1 Å². The highest BCUT2D eigenvalue weighted by atomic mass is 32.2. The zero-order chi connectivity index (χ0) is 18.7. The predicted octanol–water partition coefficient (Wildman–Crippen LogP) is 2.57. The summed E-state index contributed by atoms with van der Waals surface area (Å²) in [6, 6.07) is 11.8. The molecule has 0 saturated carbocycles. The summed E-state index contributed by atoms with van der Waals surface area (Å²) < 4.78 is 26.7. The normalized spacial score (nSPS) is 15.2. The van der Waals surface area contributed by atoms with Crippen LogP contribution in [-0.2, 0) is 16.6 Å². The minimum atomic E-state index is -3.41. The predicted molar refractivity (Wildman–Crippen MR) is 105 cm³/mol. The molecule has 1 aliphatic heterocycles. The van der Waals surface area contributed by atoms with E-state index in [-0.39, 0.29) is 4.90 Å². The molecule has 3 rings (SSSR count). The minimum Gasteiger partial charge on any atom is -0.378 e. The summed E-state index contributed by atoms with van der Waals surface area (Å²) in [6.45, 7) is 1.91. The molecule has 0 aliphatic carbocycles. The van der Waals surface area contributed by atoms with Gasteiger partial charge in [0.25, 0.3) is 0 Å². The lowest BCUT2D eigenvalue weighted by atomic mass is 10.2. The van der Waals surface area contributed by atoms with Gasteiger partial charge in [-0.1, -0.05) is 12.1 Å². The Bertz CT molecular complexity index is 844. The van der Waals surface area contributed by atoms with Crippen LogP contribution >= 0.6 is 0 Å². The van der Waals surface area contributed by atoms with Crippen molar-refractivity contribution < 1.29 is 8.42 Å². The highest BCUT2D eigenvalue weighted by molar-refractivity contribution is 7.89. The van der Waals surface area contributed by atoms with Crippen LogP contribution in [0.3, 0.4) is 0 Å². The van der Waals surface area contributed by atoms with E-state index in [0.29, 0.717) is 19.6 Å². The molecular weight excluding hydrogens is 348 g/mol. The number of aromatic nitrogens is 1. The first-order chi connectivity index (χ1) is 12.4. The van der Waals surface area contributed by atoms with Gasteiger partial charge in [-0.3, -0.25) is 0 Å². The van der Waals surface area contributed by atoms with Crippen LogP contribution in [0.4, 0.5) is 11.5 Å². The molecule has 1 saturated heterocycles. The summed E-state index contributed by atoms with van der Waals surface area (Å²) in [6.07, 6.45) is 3.33. The molecule has 0 unspecified atom stereocenters. The maximum Gasteiger partial charge on any atom is 0.244 e. The Labute approximate surface area is 156 Å². The summed E-state index contributed by atoms with van der Waals surface area (Å²) in [5.41, 5.74) is 2.32. The Balaban J connectivity index is 1.73. The minimum absolute atomic E-state index is 0.270. The lowest BCUT2D eigenvalue weighted by Crippen LogP contribution is -2.28. The van der Waals surface area contributed by atoms with Crippen LogP contribution in [0.5, 0.6) is 0 Å². The van der Waals surface area contributed by atoms with Gasteiger partial charge >= 0.3 is 0 Å². The lowest BCUT2D eigenvalue weighted by molar-refractivity contribution is 0.477. The van der Waals surface area contributed by atoms with E-state index in [9.17, 15) is 8.42 Å². The summed E-state index contributed by atoms with van der Waals surface area (Å²) >= 11 is 0. The largest absolute Gasteiger partial charge is 0.378 e. The molecule has 0 amide bonds. The molecule has 0 bridgehead atoms. The van der Waals surface area contributed by atoms with Crippen molar-refractivity contribution in [1.29, 1.82) is 0 Å². The number of hydrogen-bond donors (Lipinski definition) is 0. The molecule has 2 aromatic rings. The second-order valence-electron chi connectivity index (χ2n) is 6.88. The van der Waals surface area contributed by atoms with Gasteiger partial charge in [-0.25, -0.2) is 13.4 Å². The van der Waals surface area contributed by atoms with E-state index in [4.69, 9.17) is 0 Å². The molecular formula is C19H26N4O2S. The summed E-state index contributed by atoms with van der Waals surface area (Å²) in [4.78, 5) is 8.73. The summed E-state index contributed by atoms with van der Waals surface area (Å²) in [5, 5.41) is 0. The average Bonchev–Trinajstić information content (AvgIpc) is 3.17. The fourth-order valence-electron chi connectivity index (χ4n) is 3.12. The fraction of sp³-hybridized carbons (Fsp3) is 0.421. The molecule has 26 heavy (non-hydrogen) atoms. The van der Waals surface area contributed by atoms with Gasteiger partial charge in [0, 0.05) is 52.7 Å². The zero-order valence-electron chi connectivity index (χ0n) is 15.6. The van der Waals surface area contributed by atoms with Crippen LogP contribution in [0.1, 0.15) is 18.4 Å². The van der Waals surface area contributed by atoms with Crippen molar-refractivity contribution in [3.05, 3.63) is 48.2 Å². The third-order valence-corrected chi connectivity index (χ3v) is 6.54. The van der Waals surface area contributed by atoms with Crippen molar-refractivity contribution >= 4 is 21.5 Å². The number of hydrogen-bond acceptors (Lipinski definition) is 5. The second-order valence-corrected chi connectivity index (χ2v) is 8.82. The van der Waals surface area contributed by atoms with E-state index in [0.717, 1.165) is 24.3 Å². The fourth-order valence-corrected chi connectivity index (χ4v) is 4.58. The van der Waals surface area contributed by atoms with Gasteiger partial charge in [0.05, 0.1) is 0 Å². The van der Waals surface area contributed by atoms with Crippen molar-refractivity contribution in [3.8, 4) is 0 Å². The van der Waals surface area contributed by atoms with Crippen LogP contribution in [0.2, 0.25) is 0 Å². The van der Waals surface area contributed by atoms with Gasteiger partial charge in [-0.15, -0.1) is 0 Å². The highest BCUT2D eigenvalue weighted by Crippen LogP contribution is 2.22. The third kappa shape index (κ3) is 3.99. The van der Waals surface area contributed by atoms with Crippen molar-refractivity contribution in [2.45, 2.75) is 24.3 Å². The molecule has 1 fully saturated rings. The van der Waals surface area contributed by atoms with E-state index < -0.39 is 10.0 Å². The molecule has 6 nitrogen and oxygen atoms in total. The van der Waals surface area contributed by atoms with Gasteiger partial charge in [-0.2, -0.15) is 4.31 Å². The number of anilines is 2. The van der Waals surface area contributed by atoms with Crippen LogP contribution in [-0.4, -0.2) is 51.9 Å². The number of rotatable bonds is 6. The lowest BCUT2D eigenvalue weighted by Gasteiger charge is -2.21. The average molecular weight is 375 g/mol. The summed E-state index contributed by atoms with van der Waals surface area (Å²) in [5.74, 6) is 0.751. The molecule has 1 aliphatic rings.